The molecule has 0 radical (unpaired) electrons. The fourth-order valence-electron chi connectivity index (χ4n) is 2.41. The molecule has 1 heterocycles. The van der Waals surface area contributed by atoms with Crippen molar-refractivity contribution in [2.45, 2.75) is 11.8 Å². The number of halogens is 1. The number of thioether (sulfide) groups is 1. The van der Waals surface area contributed by atoms with Gasteiger partial charge in [-0.25, -0.2) is 10.4 Å². The summed E-state index contributed by atoms with van der Waals surface area (Å²) in [5.74, 6) is 0. The molecule has 4 nitrogen and oxygen atoms in total. The van der Waals surface area contributed by atoms with E-state index in [9.17, 15) is 5.11 Å². The molecule has 1 fully saturated rings. The highest BCUT2D eigenvalue weighted by Crippen LogP contribution is 2.41. The van der Waals surface area contributed by atoms with Gasteiger partial charge in [-0.1, -0.05) is 53.7 Å². The van der Waals surface area contributed by atoms with Gasteiger partial charge in [0, 0.05) is 5.02 Å². The van der Waals surface area contributed by atoms with E-state index < -0.39 is 0 Å². The normalized spacial score (nSPS) is 22.7. The van der Waals surface area contributed by atoms with Crippen LogP contribution in [-0.2, 0) is 4.87 Å². The second kappa shape index (κ2) is 6.93. The zero-order valence-electron chi connectivity index (χ0n) is 12.7. The molecule has 0 amide bonds. The molecule has 2 N–H and O–H groups in total. The van der Waals surface area contributed by atoms with Crippen LogP contribution in [0.1, 0.15) is 12.5 Å². The summed E-state index contributed by atoms with van der Waals surface area (Å²) in [6.07, 6.45) is 0. The highest BCUT2D eigenvalue weighted by atomic mass is 35.5. The summed E-state index contributed by atoms with van der Waals surface area (Å²) >= 11 is 7.56. The van der Waals surface area contributed by atoms with E-state index in [0.29, 0.717) is 11.6 Å². The zero-order valence-corrected chi connectivity index (χ0v) is 14.3. The molecule has 3 rings (SSSR count). The van der Waals surface area contributed by atoms with Crippen molar-refractivity contribution < 1.29 is 5.11 Å². The molecule has 1 aliphatic rings. The van der Waals surface area contributed by atoms with Crippen LogP contribution < -0.4 is 5.43 Å². The number of benzene rings is 2. The molecular formula is C17H18ClN3OS. The Morgan fingerprint density at radius 2 is 1.87 bits per heavy atom. The maximum atomic E-state index is 9.32. The van der Waals surface area contributed by atoms with E-state index in [2.05, 4.69) is 24.5 Å². The number of hydrogen-bond acceptors (Lipinski definition) is 4. The average Bonchev–Trinajstić information content (AvgIpc) is 2.88. The number of nitrogens with zero attached hydrogens (tertiary/aromatic N) is 2. The lowest BCUT2D eigenvalue weighted by molar-refractivity contribution is 0.201. The van der Waals surface area contributed by atoms with Gasteiger partial charge in [0.15, 0.2) is 5.17 Å². The standard InChI is InChI=1S/C17H18ClN3OS/c1-17(13-5-3-2-4-6-13)20-21(11-12-22)16(23-17)19-15-9-7-14(18)8-10-15/h2-10,20,22H,11-12H2,1H3. The predicted octanol–water partition coefficient (Wildman–Crippen LogP) is 3.75. The van der Waals surface area contributed by atoms with Crippen LogP contribution in [0.5, 0.6) is 0 Å². The highest BCUT2D eigenvalue weighted by Gasteiger charge is 2.39. The minimum Gasteiger partial charge on any atom is -0.394 e. The van der Waals surface area contributed by atoms with Crippen molar-refractivity contribution in [3.8, 4) is 0 Å². The number of aliphatic hydroxyl groups is 1. The predicted molar refractivity (Wildman–Crippen MR) is 96.9 cm³/mol. The van der Waals surface area contributed by atoms with Crippen LogP contribution in [0.4, 0.5) is 5.69 Å². The first kappa shape index (κ1) is 16.3. The van der Waals surface area contributed by atoms with E-state index >= 15 is 0 Å². The molecule has 2 aromatic rings. The van der Waals surface area contributed by atoms with Gasteiger partial charge in [-0.2, -0.15) is 0 Å². The largest absolute Gasteiger partial charge is 0.394 e. The van der Waals surface area contributed by atoms with Crippen molar-refractivity contribution >= 4 is 34.2 Å². The first-order valence-electron chi connectivity index (χ1n) is 7.36. The lowest BCUT2D eigenvalue weighted by atomic mass is 10.1. The van der Waals surface area contributed by atoms with Crippen LogP contribution in [0.25, 0.3) is 0 Å². The van der Waals surface area contributed by atoms with Crippen molar-refractivity contribution in [1.82, 2.24) is 10.4 Å². The van der Waals surface area contributed by atoms with Gasteiger partial charge in [0.2, 0.25) is 0 Å². The van der Waals surface area contributed by atoms with Crippen molar-refractivity contribution in [3.05, 3.63) is 65.2 Å². The lowest BCUT2D eigenvalue weighted by Gasteiger charge is -2.25. The van der Waals surface area contributed by atoms with Crippen LogP contribution >= 0.6 is 23.4 Å². The van der Waals surface area contributed by atoms with E-state index in [4.69, 9.17) is 16.6 Å². The van der Waals surface area contributed by atoms with Gasteiger partial charge in [0.25, 0.3) is 0 Å². The third-order valence-electron chi connectivity index (χ3n) is 3.57. The van der Waals surface area contributed by atoms with E-state index in [1.807, 2.05) is 47.5 Å². The Balaban J connectivity index is 1.91. The summed E-state index contributed by atoms with van der Waals surface area (Å²) in [6, 6.07) is 17.6. The number of rotatable bonds is 4. The van der Waals surface area contributed by atoms with Gasteiger partial charge < -0.3 is 5.11 Å². The van der Waals surface area contributed by atoms with Gasteiger partial charge in [-0.05, 0) is 36.8 Å². The van der Waals surface area contributed by atoms with E-state index in [0.717, 1.165) is 16.4 Å². The molecule has 6 heteroatoms. The summed E-state index contributed by atoms with van der Waals surface area (Å²) in [6.45, 7) is 2.64. The summed E-state index contributed by atoms with van der Waals surface area (Å²) < 4.78 is 0. The smallest absolute Gasteiger partial charge is 0.181 e. The Bertz CT molecular complexity index is 693. The van der Waals surface area contributed by atoms with Crippen molar-refractivity contribution in [2.75, 3.05) is 13.2 Å². The number of hydrazine groups is 1. The second-order valence-corrected chi connectivity index (χ2v) is 7.18. The summed E-state index contributed by atoms with van der Waals surface area (Å²) in [7, 11) is 0. The van der Waals surface area contributed by atoms with E-state index in [1.165, 1.54) is 0 Å². The topological polar surface area (TPSA) is 47.9 Å². The highest BCUT2D eigenvalue weighted by molar-refractivity contribution is 8.14. The maximum Gasteiger partial charge on any atom is 0.181 e. The quantitative estimate of drug-likeness (QED) is 0.884. The fraction of sp³-hybridized carbons (Fsp3) is 0.235. The van der Waals surface area contributed by atoms with E-state index in [1.54, 1.807) is 11.8 Å². The minimum atomic E-state index is -0.318. The Morgan fingerprint density at radius 1 is 1.17 bits per heavy atom. The van der Waals surface area contributed by atoms with Gasteiger partial charge in [-0.15, -0.1) is 0 Å². The molecule has 23 heavy (non-hydrogen) atoms. The van der Waals surface area contributed by atoms with Crippen LogP contribution in [0.2, 0.25) is 5.02 Å². The molecule has 0 aromatic heterocycles. The third kappa shape index (κ3) is 3.70. The molecule has 0 saturated carbocycles. The molecule has 1 aliphatic heterocycles. The second-order valence-electron chi connectivity index (χ2n) is 5.36. The Kier molecular flexibility index (Phi) is 4.92. The number of aliphatic imine (C=N–C) groups is 1. The molecule has 0 spiro atoms. The molecular weight excluding hydrogens is 330 g/mol. The monoisotopic (exact) mass is 347 g/mol. The minimum absolute atomic E-state index is 0.0536. The Hall–Kier alpha value is -1.53. The molecule has 2 aromatic carbocycles. The first-order chi connectivity index (χ1) is 11.1. The van der Waals surface area contributed by atoms with Crippen molar-refractivity contribution in [3.63, 3.8) is 0 Å². The first-order valence-corrected chi connectivity index (χ1v) is 8.55. The van der Waals surface area contributed by atoms with E-state index in [-0.39, 0.29) is 11.5 Å². The van der Waals surface area contributed by atoms with Crippen LogP contribution in [-0.4, -0.2) is 28.4 Å². The number of β-amino-alcohol motifs (C(OH)–C–C–N with tert-alkyl or cyclic N) is 1. The average molecular weight is 348 g/mol. The van der Waals surface area contributed by atoms with Crippen LogP contribution in [0, 0.1) is 0 Å². The molecule has 1 atom stereocenters. The van der Waals surface area contributed by atoms with Crippen molar-refractivity contribution in [2.24, 2.45) is 4.99 Å². The number of aliphatic hydroxyl groups excluding tert-OH is 1. The Labute approximate surface area is 145 Å². The van der Waals surface area contributed by atoms with Crippen LogP contribution in [0.3, 0.4) is 0 Å². The number of amidine groups is 1. The van der Waals surface area contributed by atoms with Gasteiger partial charge >= 0.3 is 0 Å². The molecule has 120 valence electrons. The Morgan fingerprint density at radius 3 is 2.52 bits per heavy atom. The summed E-state index contributed by atoms with van der Waals surface area (Å²) in [4.78, 5) is 4.38. The van der Waals surface area contributed by atoms with Gasteiger partial charge in [-0.3, -0.25) is 5.01 Å². The zero-order chi connectivity index (χ0) is 16.3. The third-order valence-corrected chi connectivity index (χ3v) is 5.06. The molecule has 1 saturated heterocycles. The molecule has 0 aliphatic carbocycles. The SMILES string of the molecule is CC1(c2ccccc2)NN(CCO)C(=Nc2ccc(Cl)cc2)S1. The summed E-state index contributed by atoms with van der Waals surface area (Å²) in [5, 5.41) is 12.7. The number of nitrogens with one attached hydrogen (secondary N) is 1. The molecule has 0 bridgehead atoms. The van der Waals surface area contributed by atoms with Gasteiger partial charge in [0.05, 0.1) is 18.8 Å². The summed E-state index contributed by atoms with van der Waals surface area (Å²) in [5.41, 5.74) is 5.44. The maximum absolute atomic E-state index is 9.32. The fourth-order valence-corrected chi connectivity index (χ4v) is 3.71. The van der Waals surface area contributed by atoms with Gasteiger partial charge in [0.1, 0.15) is 4.87 Å². The molecule has 1 unspecified atom stereocenters. The number of hydrogen-bond donors (Lipinski definition) is 2. The van der Waals surface area contributed by atoms with Crippen LogP contribution in [0.15, 0.2) is 59.6 Å². The van der Waals surface area contributed by atoms with Crippen molar-refractivity contribution in [1.29, 1.82) is 0 Å². The lowest BCUT2D eigenvalue weighted by Crippen LogP contribution is -2.43.